The lowest BCUT2D eigenvalue weighted by Crippen LogP contribution is -2.38. The number of carbonyl (C=O) groups is 1. The summed E-state index contributed by atoms with van der Waals surface area (Å²) in [5.74, 6) is 2.28. The Hall–Kier alpha value is -3.41. The van der Waals surface area contributed by atoms with Crippen LogP contribution in [0.3, 0.4) is 0 Å². The van der Waals surface area contributed by atoms with Crippen molar-refractivity contribution < 1.29 is 9.32 Å². The summed E-state index contributed by atoms with van der Waals surface area (Å²) in [6.45, 7) is 5.32. The Morgan fingerprint density at radius 3 is 2.47 bits per heavy atom. The predicted molar refractivity (Wildman–Crippen MR) is 115 cm³/mol. The minimum atomic E-state index is 0.0865. The molecule has 1 fully saturated rings. The topological polar surface area (TPSA) is 75.0 Å². The van der Waals surface area contributed by atoms with E-state index in [4.69, 9.17) is 9.51 Å². The van der Waals surface area contributed by atoms with E-state index >= 15 is 0 Å². The van der Waals surface area contributed by atoms with Crippen LogP contribution in [0.15, 0.2) is 53.1 Å². The number of H-pyrrole nitrogens is 1. The number of para-hydroxylation sites is 2. The Morgan fingerprint density at radius 1 is 1.07 bits per heavy atom. The third-order valence-electron chi connectivity index (χ3n) is 6.03. The maximum Gasteiger partial charge on any atom is 0.253 e. The second-order valence-electron chi connectivity index (χ2n) is 7.98. The molecule has 1 amide bonds. The lowest BCUT2D eigenvalue weighted by Gasteiger charge is -2.31. The molecule has 30 heavy (non-hydrogen) atoms. The van der Waals surface area contributed by atoms with Crippen LogP contribution >= 0.6 is 0 Å². The standard InChI is InChI=1S/C24H24N4O2/c1-15-22(16(2)30-27-15)17-7-9-19(10-8-17)24(29)28-13-11-18(12-14-28)23-25-20-5-3-4-6-21(20)26-23/h3-10,18H,11-14H2,1-2H3,(H,25,26). The Kier molecular flexibility index (Phi) is 4.62. The Labute approximate surface area is 174 Å². The first-order valence-electron chi connectivity index (χ1n) is 10.4. The van der Waals surface area contributed by atoms with E-state index in [1.165, 1.54) is 0 Å². The molecule has 6 heteroatoms. The van der Waals surface area contributed by atoms with E-state index in [0.717, 1.165) is 65.4 Å². The minimum Gasteiger partial charge on any atom is -0.361 e. The molecule has 1 N–H and O–H groups in total. The lowest BCUT2D eigenvalue weighted by molar-refractivity contribution is 0.0711. The number of carbonyl (C=O) groups excluding carboxylic acids is 1. The molecule has 152 valence electrons. The lowest BCUT2D eigenvalue weighted by atomic mass is 9.95. The number of amides is 1. The quantitative estimate of drug-likeness (QED) is 0.533. The summed E-state index contributed by atoms with van der Waals surface area (Å²) in [6, 6.07) is 15.8. The summed E-state index contributed by atoms with van der Waals surface area (Å²) in [5, 5.41) is 4.01. The summed E-state index contributed by atoms with van der Waals surface area (Å²) in [7, 11) is 0. The van der Waals surface area contributed by atoms with Gasteiger partial charge in [0.1, 0.15) is 11.6 Å². The summed E-state index contributed by atoms with van der Waals surface area (Å²) in [6.07, 6.45) is 1.84. The van der Waals surface area contributed by atoms with Crippen molar-refractivity contribution in [1.82, 2.24) is 20.0 Å². The molecule has 4 aromatic rings. The fourth-order valence-corrected chi connectivity index (χ4v) is 4.38. The molecule has 1 aliphatic rings. The Balaban J connectivity index is 1.26. The molecule has 5 rings (SSSR count). The maximum absolute atomic E-state index is 13.0. The molecule has 0 spiro atoms. The monoisotopic (exact) mass is 400 g/mol. The van der Waals surface area contributed by atoms with Gasteiger partial charge in [0.2, 0.25) is 0 Å². The van der Waals surface area contributed by atoms with Crippen molar-refractivity contribution in [3.05, 3.63) is 71.4 Å². The number of aryl methyl sites for hydroxylation is 2. The number of likely N-dealkylation sites (tertiary alicyclic amines) is 1. The number of hydrogen-bond donors (Lipinski definition) is 1. The van der Waals surface area contributed by atoms with Crippen molar-refractivity contribution in [2.24, 2.45) is 0 Å². The Bertz CT molecular complexity index is 1150. The van der Waals surface area contributed by atoms with E-state index in [0.29, 0.717) is 11.5 Å². The van der Waals surface area contributed by atoms with Gasteiger partial charge in [0.15, 0.2) is 0 Å². The second kappa shape index (κ2) is 7.44. The van der Waals surface area contributed by atoms with Crippen LogP contribution in [0.25, 0.3) is 22.2 Å². The first kappa shape index (κ1) is 18.6. The van der Waals surface area contributed by atoms with Gasteiger partial charge in [0.25, 0.3) is 5.91 Å². The molecule has 6 nitrogen and oxygen atoms in total. The number of hydrogen-bond acceptors (Lipinski definition) is 4. The largest absolute Gasteiger partial charge is 0.361 e. The third-order valence-corrected chi connectivity index (χ3v) is 6.03. The molecule has 0 bridgehead atoms. The molecule has 0 unspecified atom stereocenters. The van der Waals surface area contributed by atoms with E-state index in [9.17, 15) is 4.79 Å². The molecular formula is C24H24N4O2. The first-order chi connectivity index (χ1) is 14.6. The van der Waals surface area contributed by atoms with Gasteiger partial charge in [-0.2, -0.15) is 0 Å². The first-order valence-corrected chi connectivity index (χ1v) is 10.4. The van der Waals surface area contributed by atoms with Gasteiger partial charge in [-0.15, -0.1) is 0 Å². The number of fused-ring (bicyclic) bond motifs is 1. The zero-order valence-electron chi connectivity index (χ0n) is 17.2. The van der Waals surface area contributed by atoms with Gasteiger partial charge in [-0.1, -0.05) is 29.4 Å². The highest BCUT2D eigenvalue weighted by molar-refractivity contribution is 5.94. The highest BCUT2D eigenvalue weighted by Gasteiger charge is 2.26. The average molecular weight is 400 g/mol. The van der Waals surface area contributed by atoms with Crippen molar-refractivity contribution in [2.75, 3.05) is 13.1 Å². The van der Waals surface area contributed by atoms with Gasteiger partial charge in [0, 0.05) is 30.1 Å². The SMILES string of the molecule is Cc1noc(C)c1-c1ccc(C(=O)N2CCC(c3nc4ccccc4[nH]3)CC2)cc1. The summed E-state index contributed by atoms with van der Waals surface area (Å²) in [4.78, 5) is 23.1. The Morgan fingerprint density at radius 2 is 1.80 bits per heavy atom. The molecule has 2 aromatic heterocycles. The molecule has 0 aliphatic carbocycles. The normalized spacial score (nSPS) is 15.1. The minimum absolute atomic E-state index is 0.0865. The average Bonchev–Trinajstić information content (AvgIpc) is 3.36. The van der Waals surface area contributed by atoms with Crippen LogP contribution in [0.2, 0.25) is 0 Å². The van der Waals surface area contributed by atoms with Crippen LogP contribution in [0, 0.1) is 13.8 Å². The molecule has 0 atom stereocenters. The van der Waals surface area contributed by atoms with E-state index in [1.54, 1.807) is 0 Å². The molecule has 2 aromatic carbocycles. The van der Waals surface area contributed by atoms with Crippen molar-refractivity contribution >= 4 is 16.9 Å². The molecule has 3 heterocycles. The van der Waals surface area contributed by atoms with E-state index < -0.39 is 0 Å². The van der Waals surface area contributed by atoms with Crippen molar-refractivity contribution in [3.8, 4) is 11.1 Å². The number of piperidine rings is 1. The number of aromatic nitrogens is 3. The number of rotatable bonds is 3. The van der Waals surface area contributed by atoms with Crippen LogP contribution < -0.4 is 0 Å². The number of imidazole rings is 1. The number of aromatic amines is 1. The van der Waals surface area contributed by atoms with Crippen LogP contribution in [0.5, 0.6) is 0 Å². The molecule has 1 aliphatic heterocycles. The number of nitrogens with one attached hydrogen (secondary N) is 1. The van der Waals surface area contributed by atoms with Crippen molar-refractivity contribution in [2.45, 2.75) is 32.6 Å². The summed E-state index contributed by atoms with van der Waals surface area (Å²) < 4.78 is 5.26. The fourth-order valence-electron chi connectivity index (χ4n) is 4.38. The summed E-state index contributed by atoms with van der Waals surface area (Å²) in [5.41, 5.74) is 5.67. The molecule has 0 radical (unpaired) electrons. The van der Waals surface area contributed by atoms with Crippen molar-refractivity contribution in [1.29, 1.82) is 0 Å². The van der Waals surface area contributed by atoms with Crippen LogP contribution in [-0.2, 0) is 0 Å². The molecular weight excluding hydrogens is 376 g/mol. The van der Waals surface area contributed by atoms with Gasteiger partial charge in [0.05, 0.1) is 16.7 Å². The maximum atomic E-state index is 13.0. The fraction of sp³-hybridized carbons (Fsp3) is 0.292. The zero-order valence-corrected chi connectivity index (χ0v) is 17.2. The van der Waals surface area contributed by atoms with E-state index in [-0.39, 0.29) is 5.91 Å². The molecule has 0 saturated carbocycles. The van der Waals surface area contributed by atoms with Crippen LogP contribution in [0.4, 0.5) is 0 Å². The second-order valence-corrected chi connectivity index (χ2v) is 7.98. The van der Waals surface area contributed by atoms with Crippen LogP contribution in [0.1, 0.15) is 46.4 Å². The zero-order chi connectivity index (χ0) is 20.7. The van der Waals surface area contributed by atoms with Gasteiger partial charge >= 0.3 is 0 Å². The number of benzene rings is 2. The number of nitrogens with zero attached hydrogens (tertiary/aromatic N) is 3. The predicted octanol–water partition coefficient (Wildman–Crippen LogP) is 4.85. The van der Waals surface area contributed by atoms with Crippen molar-refractivity contribution in [3.63, 3.8) is 0 Å². The highest BCUT2D eigenvalue weighted by atomic mass is 16.5. The van der Waals surface area contributed by atoms with E-state index in [2.05, 4.69) is 16.2 Å². The van der Waals surface area contributed by atoms with Gasteiger partial charge < -0.3 is 14.4 Å². The summed E-state index contributed by atoms with van der Waals surface area (Å²) >= 11 is 0. The van der Waals surface area contributed by atoms with Gasteiger partial charge in [-0.05, 0) is 56.5 Å². The van der Waals surface area contributed by atoms with Gasteiger partial charge in [-0.3, -0.25) is 4.79 Å². The van der Waals surface area contributed by atoms with Crippen LogP contribution in [-0.4, -0.2) is 39.0 Å². The third kappa shape index (κ3) is 3.28. The molecule has 1 saturated heterocycles. The van der Waals surface area contributed by atoms with Gasteiger partial charge in [-0.25, -0.2) is 4.98 Å². The highest BCUT2D eigenvalue weighted by Crippen LogP contribution is 2.30. The smallest absolute Gasteiger partial charge is 0.253 e. The van der Waals surface area contributed by atoms with E-state index in [1.807, 2.05) is 61.2 Å².